The monoisotopic (exact) mass is 331 g/mol. The minimum atomic E-state index is -0.292. The molecule has 1 aromatic rings. The number of carbonyl (C=O) groups excluding carboxylic acids is 1. The van der Waals surface area contributed by atoms with Gasteiger partial charge in [-0.25, -0.2) is 0 Å². The number of benzene rings is 1. The second-order valence-electron chi connectivity index (χ2n) is 7.06. The van der Waals surface area contributed by atoms with E-state index in [4.69, 9.17) is 4.74 Å². The van der Waals surface area contributed by atoms with Gasteiger partial charge in [-0.05, 0) is 50.6 Å². The van der Waals surface area contributed by atoms with E-state index < -0.39 is 0 Å². The number of nitrogens with one attached hydrogen (secondary N) is 1. The summed E-state index contributed by atoms with van der Waals surface area (Å²) in [6, 6.07) is 7.93. The average molecular weight is 331 g/mol. The predicted octanol–water partition coefficient (Wildman–Crippen LogP) is 1.48. The number of rotatable bonds is 7. The van der Waals surface area contributed by atoms with Gasteiger partial charge in [-0.1, -0.05) is 12.1 Å². The molecule has 2 fully saturated rings. The Morgan fingerprint density at radius 2 is 1.83 bits per heavy atom. The third-order valence-electron chi connectivity index (χ3n) is 5.36. The van der Waals surface area contributed by atoms with Gasteiger partial charge in [0.2, 0.25) is 5.91 Å². The fraction of sp³-hybridized carbons (Fsp3) is 0.632. The smallest absolute Gasteiger partial charge is 0.230 e. The van der Waals surface area contributed by atoms with Crippen molar-refractivity contribution in [3.05, 3.63) is 29.8 Å². The summed E-state index contributed by atoms with van der Waals surface area (Å²) in [6.45, 7) is 6.41. The quantitative estimate of drug-likeness (QED) is 0.769. The van der Waals surface area contributed by atoms with Crippen LogP contribution in [0, 0.1) is 0 Å². The number of methoxy groups -OCH3 is 1. The lowest BCUT2D eigenvalue weighted by atomic mass is 9.95. The van der Waals surface area contributed by atoms with Crippen molar-refractivity contribution in [2.24, 2.45) is 0 Å². The van der Waals surface area contributed by atoms with Crippen molar-refractivity contribution in [1.29, 1.82) is 0 Å². The molecule has 1 aliphatic heterocycles. The molecule has 3 rings (SSSR count). The molecule has 5 heteroatoms. The van der Waals surface area contributed by atoms with E-state index in [0.717, 1.165) is 69.8 Å². The lowest BCUT2D eigenvalue weighted by Crippen LogP contribution is -2.45. The van der Waals surface area contributed by atoms with Crippen molar-refractivity contribution in [3.8, 4) is 5.75 Å². The average Bonchev–Trinajstić information content (AvgIpc) is 3.42. The van der Waals surface area contributed by atoms with Crippen LogP contribution in [0.25, 0.3) is 0 Å². The van der Waals surface area contributed by atoms with Crippen molar-refractivity contribution >= 4 is 5.91 Å². The fourth-order valence-electron chi connectivity index (χ4n) is 3.43. The predicted molar refractivity (Wildman–Crippen MR) is 95.5 cm³/mol. The van der Waals surface area contributed by atoms with E-state index in [1.54, 1.807) is 7.11 Å². The zero-order valence-corrected chi connectivity index (χ0v) is 14.9. The number of likely N-dealkylation sites (N-methyl/N-ethyl adjacent to an activating group) is 1. The van der Waals surface area contributed by atoms with Crippen LogP contribution in [0.1, 0.15) is 24.8 Å². The van der Waals surface area contributed by atoms with Crippen LogP contribution in [0.5, 0.6) is 5.75 Å². The second kappa shape index (κ2) is 7.53. The number of carbonyl (C=O) groups is 1. The molecule has 2 aliphatic rings. The van der Waals surface area contributed by atoms with Crippen LogP contribution in [0.2, 0.25) is 0 Å². The maximum Gasteiger partial charge on any atom is 0.230 e. The van der Waals surface area contributed by atoms with Crippen LogP contribution >= 0.6 is 0 Å². The third-order valence-corrected chi connectivity index (χ3v) is 5.36. The summed E-state index contributed by atoms with van der Waals surface area (Å²) in [5.74, 6) is 1.02. The van der Waals surface area contributed by atoms with Gasteiger partial charge >= 0.3 is 0 Å². The van der Waals surface area contributed by atoms with E-state index >= 15 is 0 Å². The minimum absolute atomic E-state index is 0.186. The summed E-state index contributed by atoms with van der Waals surface area (Å²) >= 11 is 0. The van der Waals surface area contributed by atoms with Gasteiger partial charge in [0.15, 0.2) is 0 Å². The summed E-state index contributed by atoms with van der Waals surface area (Å²) < 4.78 is 5.20. The SMILES string of the molecule is COc1ccc(C2(C(=O)NCCCN3CCN(C)CC3)CC2)cc1. The standard InChI is InChI=1S/C19H29N3O2/c1-21-12-14-22(15-13-21)11-3-10-20-18(23)19(8-9-19)16-4-6-17(24-2)7-5-16/h4-7H,3,8-15H2,1-2H3,(H,20,23). The number of ether oxygens (including phenoxy) is 1. The highest BCUT2D eigenvalue weighted by molar-refractivity contribution is 5.91. The molecule has 1 aromatic carbocycles. The van der Waals surface area contributed by atoms with Gasteiger partial charge in [-0.3, -0.25) is 4.79 Å². The van der Waals surface area contributed by atoms with E-state index in [1.165, 1.54) is 0 Å². The molecule has 0 aromatic heterocycles. The molecule has 0 unspecified atom stereocenters. The molecule has 1 amide bonds. The van der Waals surface area contributed by atoms with Crippen LogP contribution in [0.3, 0.4) is 0 Å². The molecule has 1 saturated heterocycles. The first-order valence-corrected chi connectivity index (χ1v) is 8.98. The molecule has 5 nitrogen and oxygen atoms in total. The summed E-state index contributed by atoms with van der Waals surface area (Å²) in [5, 5.41) is 3.15. The van der Waals surface area contributed by atoms with E-state index in [1.807, 2.05) is 24.3 Å². The van der Waals surface area contributed by atoms with E-state index in [0.29, 0.717) is 0 Å². The molecule has 1 saturated carbocycles. The highest BCUT2D eigenvalue weighted by Crippen LogP contribution is 2.48. The van der Waals surface area contributed by atoms with Crippen LogP contribution in [0.15, 0.2) is 24.3 Å². The van der Waals surface area contributed by atoms with Gasteiger partial charge in [0.1, 0.15) is 5.75 Å². The molecule has 0 radical (unpaired) electrons. The van der Waals surface area contributed by atoms with Gasteiger partial charge in [0.25, 0.3) is 0 Å². The Morgan fingerprint density at radius 3 is 2.42 bits per heavy atom. The molecule has 1 N–H and O–H groups in total. The fourth-order valence-corrected chi connectivity index (χ4v) is 3.43. The molecule has 0 bridgehead atoms. The Balaban J connectivity index is 1.43. The zero-order valence-electron chi connectivity index (χ0n) is 14.9. The Labute approximate surface area is 145 Å². The Kier molecular flexibility index (Phi) is 5.41. The maximum atomic E-state index is 12.6. The molecular formula is C19H29N3O2. The summed E-state index contributed by atoms with van der Waals surface area (Å²) in [4.78, 5) is 17.5. The Hall–Kier alpha value is -1.59. The van der Waals surface area contributed by atoms with Crippen molar-refractivity contribution in [2.75, 3.05) is 53.4 Å². The molecule has 0 spiro atoms. The maximum absolute atomic E-state index is 12.6. The Morgan fingerprint density at radius 1 is 1.17 bits per heavy atom. The van der Waals surface area contributed by atoms with Crippen LogP contribution in [0.4, 0.5) is 0 Å². The number of hydrogen-bond donors (Lipinski definition) is 1. The van der Waals surface area contributed by atoms with Gasteiger partial charge in [-0.2, -0.15) is 0 Å². The first kappa shape index (κ1) is 17.2. The van der Waals surface area contributed by atoms with Crippen LogP contribution < -0.4 is 10.1 Å². The molecular weight excluding hydrogens is 302 g/mol. The van der Waals surface area contributed by atoms with E-state index in [9.17, 15) is 4.79 Å². The molecule has 1 heterocycles. The second-order valence-corrected chi connectivity index (χ2v) is 7.06. The first-order valence-electron chi connectivity index (χ1n) is 8.98. The highest BCUT2D eigenvalue weighted by Gasteiger charge is 2.50. The van der Waals surface area contributed by atoms with Gasteiger partial charge in [0.05, 0.1) is 12.5 Å². The summed E-state index contributed by atoms with van der Waals surface area (Å²) in [7, 11) is 3.83. The van der Waals surface area contributed by atoms with Gasteiger partial charge < -0.3 is 19.9 Å². The van der Waals surface area contributed by atoms with E-state index in [2.05, 4.69) is 22.2 Å². The van der Waals surface area contributed by atoms with Crippen molar-refractivity contribution in [1.82, 2.24) is 15.1 Å². The lowest BCUT2D eigenvalue weighted by Gasteiger charge is -2.32. The van der Waals surface area contributed by atoms with Crippen molar-refractivity contribution in [2.45, 2.75) is 24.7 Å². The molecule has 0 atom stereocenters. The highest BCUT2D eigenvalue weighted by atomic mass is 16.5. The van der Waals surface area contributed by atoms with Gasteiger partial charge in [0, 0.05) is 32.7 Å². The number of hydrogen-bond acceptors (Lipinski definition) is 4. The first-order chi connectivity index (χ1) is 11.6. The zero-order chi connectivity index (χ0) is 17.0. The molecule has 24 heavy (non-hydrogen) atoms. The number of piperazine rings is 1. The van der Waals surface area contributed by atoms with Crippen molar-refractivity contribution in [3.63, 3.8) is 0 Å². The third kappa shape index (κ3) is 3.90. The topological polar surface area (TPSA) is 44.8 Å². The molecule has 1 aliphatic carbocycles. The van der Waals surface area contributed by atoms with Crippen molar-refractivity contribution < 1.29 is 9.53 Å². The summed E-state index contributed by atoms with van der Waals surface area (Å²) in [5.41, 5.74) is 0.819. The van der Waals surface area contributed by atoms with Gasteiger partial charge in [-0.15, -0.1) is 0 Å². The number of amides is 1. The van der Waals surface area contributed by atoms with E-state index in [-0.39, 0.29) is 11.3 Å². The lowest BCUT2D eigenvalue weighted by molar-refractivity contribution is -0.123. The largest absolute Gasteiger partial charge is 0.497 e. The normalized spacial score (nSPS) is 20.6. The molecule has 132 valence electrons. The van der Waals surface area contributed by atoms with Crippen LogP contribution in [-0.2, 0) is 10.2 Å². The Bertz CT molecular complexity index is 546. The minimum Gasteiger partial charge on any atom is -0.497 e. The number of nitrogens with zero attached hydrogens (tertiary/aromatic N) is 2. The van der Waals surface area contributed by atoms with Crippen LogP contribution in [-0.4, -0.2) is 69.1 Å². The summed E-state index contributed by atoms with van der Waals surface area (Å²) in [6.07, 6.45) is 2.92.